The molecular formula is C20H26N4O5S. The van der Waals surface area contributed by atoms with Crippen LogP contribution in [0.25, 0.3) is 0 Å². The highest BCUT2D eigenvalue weighted by Crippen LogP contribution is 2.14. The second-order valence-corrected chi connectivity index (χ2v) is 8.49. The molecule has 1 aliphatic heterocycles. The molecule has 1 aromatic carbocycles. The van der Waals surface area contributed by atoms with Crippen molar-refractivity contribution in [1.82, 2.24) is 15.0 Å². The standard InChI is InChI=1S/C20H26N4O5S/c1-28-11-8-23-30(26,27)18-5-3-17(4-6-18)20(25)22-15-16-2-7-19(21-14-16)24-9-12-29-13-10-24/h2-7,14,23H,8-13,15H2,1H3,(H,22,25). The Labute approximate surface area is 176 Å². The molecule has 2 heterocycles. The summed E-state index contributed by atoms with van der Waals surface area (Å²) in [4.78, 5) is 19.1. The second kappa shape index (κ2) is 10.5. The minimum absolute atomic E-state index is 0.0954. The van der Waals surface area contributed by atoms with E-state index in [4.69, 9.17) is 9.47 Å². The fourth-order valence-corrected chi connectivity index (χ4v) is 3.95. The average Bonchev–Trinajstić information content (AvgIpc) is 2.78. The molecule has 0 atom stereocenters. The third kappa shape index (κ3) is 5.99. The van der Waals surface area contributed by atoms with Crippen LogP contribution in [0, 0.1) is 0 Å². The summed E-state index contributed by atoms with van der Waals surface area (Å²) < 4.78 is 36.9. The van der Waals surface area contributed by atoms with Crippen LogP contribution in [-0.4, -0.2) is 65.9 Å². The fourth-order valence-electron chi connectivity index (χ4n) is 2.93. The van der Waals surface area contributed by atoms with Crippen LogP contribution in [0.5, 0.6) is 0 Å². The molecule has 162 valence electrons. The first kappa shape index (κ1) is 22.2. The van der Waals surface area contributed by atoms with Gasteiger partial charge in [-0.3, -0.25) is 4.79 Å². The zero-order valence-corrected chi connectivity index (χ0v) is 17.7. The van der Waals surface area contributed by atoms with Crippen LogP contribution >= 0.6 is 0 Å². The highest BCUT2D eigenvalue weighted by molar-refractivity contribution is 7.89. The van der Waals surface area contributed by atoms with E-state index in [2.05, 4.69) is 19.9 Å². The van der Waals surface area contributed by atoms with Gasteiger partial charge < -0.3 is 19.7 Å². The summed E-state index contributed by atoms with van der Waals surface area (Å²) in [6, 6.07) is 9.65. The molecule has 2 aromatic rings. The SMILES string of the molecule is COCCNS(=O)(=O)c1ccc(C(=O)NCc2ccc(N3CCOCC3)nc2)cc1. The third-order valence-electron chi connectivity index (χ3n) is 4.62. The highest BCUT2D eigenvalue weighted by Gasteiger charge is 2.15. The van der Waals surface area contributed by atoms with Crippen molar-refractivity contribution in [3.8, 4) is 0 Å². The number of amides is 1. The quantitative estimate of drug-likeness (QED) is 0.561. The van der Waals surface area contributed by atoms with Gasteiger partial charge in [0.1, 0.15) is 5.82 Å². The second-order valence-electron chi connectivity index (χ2n) is 6.72. The van der Waals surface area contributed by atoms with Gasteiger partial charge in [-0.25, -0.2) is 18.1 Å². The topological polar surface area (TPSA) is 110 Å². The lowest BCUT2D eigenvalue weighted by atomic mass is 10.2. The number of nitrogens with zero attached hydrogens (tertiary/aromatic N) is 2. The molecule has 1 fully saturated rings. The molecule has 0 spiro atoms. The van der Waals surface area contributed by atoms with Gasteiger partial charge in [0.05, 0.1) is 24.7 Å². The van der Waals surface area contributed by atoms with Gasteiger partial charge in [0, 0.05) is 45.0 Å². The van der Waals surface area contributed by atoms with Crippen molar-refractivity contribution in [2.75, 3.05) is 51.5 Å². The number of hydrogen-bond donors (Lipinski definition) is 2. The van der Waals surface area contributed by atoms with E-state index in [1.54, 1.807) is 6.20 Å². The minimum atomic E-state index is -3.63. The smallest absolute Gasteiger partial charge is 0.251 e. The summed E-state index contributed by atoms with van der Waals surface area (Å²) in [6.07, 6.45) is 1.74. The Balaban J connectivity index is 1.53. The van der Waals surface area contributed by atoms with E-state index >= 15 is 0 Å². The van der Waals surface area contributed by atoms with Crippen LogP contribution < -0.4 is 14.9 Å². The molecule has 1 saturated heterocycles. The summed E-state index contributed by atoms with van der Waals surface area (Å²) >= 11 is 0. The first-order valence-corrected chi connectivity index (χ1v) is 11.1. The van der Waals surface area contributed by atoms with Crippen LogP contribution in [0.2, 0.25) is 0 Å². The maximum absolute atomic E-state index is 12.4. The van der Waals surface area contributed by atoms with Gasteiger partial charge in [-0.1, -0.05) is 6.07 Å². The number of carbonyl (C=O) groups is 1. The lowest BCUT2D eigenvalue weighted by Gasteiger charge is -2.27. The Morgan fingerprint density at radius 3 is 2.53 bits per heavy atom. The van der Waals surface area contributed by atoms with Crippen molar-refractivity contribution < 1.29 is 22.7 Å². The van der Waals surface area contributed by atoms with Crippen molar-refractivity contribution in [1.29, 1.82) is 0 Å². The van der Waals surface area contributed by atoms with Crippen molar-refractivity contribution in [2.24, 2.45) is 0 Å². The summed E-state index contributed by atoms with van der Waals surface area (Å²) in [5.74, 6) is 0.604. The monoisotopic (exact) mass is 434 g/mol. The average molecular weight is 435 g/mol. The lowest BCUT2D eigenvalue weighted by Crippen LogP contribution is -2.36. The minimum Gasteiger partial charge on any atom is -0.383 e. The van der Waals surface area contributed by atoms with E-state index in [0.717, 1.165) is 24.5 Å². The number of pyridine rings is 1. The molecule has 1 amide bonds. The van der Waals surface area contributed by atoms with Gasteiger partial charge in [0.2, 0.25) is 10.0 Å². The number of morpholine rings is 1. The number of anilines is 1. The molecule has 0 aliphatic carbocycles. The van der Waals surface area contributed by atoms with Crippen LogP contribution in [0.1, 0.15) is 15.9 Å². The summed E-state index contributed by atoms with van der Waals surface area (Å²) in [6.45, 7) is 3.81. The van der Waals surface area contributed by atoms with E-state index in [1.165, 1.54) is 31.4 Å². The Morgan fingerprint density at radius 2 is 1.90 bits per heavy atom. The van der Waals surface area contributed by atoms with E-state index in [1.807, 2.05) is 12.1 Å². The number of rotatable bonds is 9. The first-order chi connectivity index (χ1) is 14.5. The summed E-state index contributed by atoms with van der Waals surface area (Å²) in [7, 11) is -2.13. The fraction of sp³-hybridized carbons (Fsp3) is 0.400. The molecule has 30 heavy (non-hydrogen) atoms. The number of nitrogens with one attached hydrogen (secondary N) is 2. The van der Waals surface area contributed by atoms with Crippen LogP contribution in [0.4, 0.5) is 5.82 Å². The van der Waals surface area contributed by atoms with E-state index in [9.17, 15) is 13.2 Å². The van der Waals surface area contributed by atoms with Crippen molar-refractivity contribution >= 4 is 21.7 Å². The van der Waals surface area contributed by atoms with E-state index in [0.29, 0.717) is 25.3 Å². The Hall–Kier alpha value is -2.53. The van der Waals surface area contributed by atoms with Crippen molar-refractivity contribution in [2.45, 2.75) is 11.4 Å². The predicted molar refractivity (Wildman–Crippen MR) is 112 cm³/mol. The molecule has 10 heteroatoms. The van der Waals surface area contributed by atoms with Crippen LogP contribution in [0.3, 0.4) is 0 Å². The first-order valence-electron chi connectivity index (χ1n) is 9.64. The number of benzene rings is 1. The van der Waals surface area contributed by atoms with Gasteiger partial charge >= 0.3 is 0 Å². The van der Waals surface area contributed by atoms with Crippen LogP contribution in [-0.2, 0) is 26.0 Å². The van der Waals surface area contributed by atoms with Crippen molar-refractivity contribution in [3.05, 3.63) is 53.7 Å². The maximum Gasteiger partial charge on any atom is 0.251 e. The molecular weight excluding hydrogens is 408 g/mol. The number of aromatic nitrogens is 1. The van der Waals surface area contributed by atoms with Gasteiger partial charge in [-0.2, -0.15) is 0 Å². The highest BCUT2D eigenvalue weighted by atomic mass is 32.2. The number of ether oxygens (including phenoxy) is 2. The Bertz CT molecular complexity index is 927. The molecule has 0 unspecified atom stereocenters. The zero-order valence-electron chi connectivity index (χ0n) is 16.8. The van der Waals surface area contributed by atoms with E-state index in [-0.39, 0.29) is 24.0 Å². The number of carbonyl (C=O) groups excluding carboxylic acids is 1. The molecule has 3 rings (SSSR count). The zero-order chi connectivity index (χ0) is 21.4. The van der Waals surface area contributed by atoms with E-state index < -0.39 is 10.0 Å². The summed E-state index contributed by atoms with van der Waals surface area (Å²) in [5, 5.41) is 2.82. The number of hydrogen-bond acceptors (Lipinski definition) is 7. The van der Waals surface area contributed by atoms with Crippen LogP contribution in [0.15, 0.2) is 47.5 Å². The lowest BCUT2D eigenvalue weighted by molar-refractivity contribution is 0.0950. The normalized spacial score (nSPS) is 14.5. The van der Waals surface area contributed by atoms with Gasteiger partial charge in [0.25, 0.3) is 5.91 Å². The molecule has 9 nitrogen and oxygen atoms in total. The maximum atomic E-state index is 12.4. The molecule has 1 aliphatic rings. The number of sulfonamides is 1. The van der Waals surface area contributed by atoms with Gasteiger partial charge in [-0.15, -0.1) is 0 Å². The molecule has 0 radical (unpaired) electrons. The Morgan fingerprint density at radius 1 is 1.17 bits per heavy atom. The van der Waals surface area contributed by atoms with Crippen molar-refractivity contribution in [3.63, 3.8) is 0 Å². The Kier molecular flexibility index (Phi) is 7.75. The number of methoxy groups -OCH3 is 1. The van der Waals surface area contributed by atoms with Gasteiger partial charge in [0.15, 0.2) is 0 Å². The summed E-state index contributed by atoms with van der Waals surface area (Å²) in [5.41, 5.74) is 1.26. The molecule has 2 N–H and O–H groups in total. The molecule has 0 bridgehead atoms. The molecule has 0 saturated carbocycles. The largest absolute Gasteiger partial charge is 0.383 e. The molecule has 1 aromatic heterocycles. The predicted octanol–water partition coefficient (Wildman–Crippen LogP) is 0.773. The van der Waals surface area contributed by atoms with Gasteiger partial charge in [-0.05, 0) is 35.9 Å². The third-order valence-corrected chi connectivity index (χ3v) is 6.10.